The Labute approximate surface area is 180 Å². The quantitative estimate of drug-likeness (QED) is 0.455. The molecule has 0 fully saturated rings. The first kappa shape index (κ1) is 28.0. The van der Waals surface area contributed by atoms with Crippen molar-refractivity contribution < 1.29 is 18.9 Å². The highest BCUT2D eigenvalue weighted by Crippen LogP contribution is 2.17. The lowest BCUT2D eigenvalue weighted by Gasteiger charge is -2.27. The number of hydrogen-bond donors (Lipinski definition) is 0. The molecular formula is C25H44O4. The Kier molecular flexibility index (Phi) is 12.2. The van der Waals surface area contributed by atoms with Crippen LogP contribution < -0.4 is 0 Å². The second-order valence-electron chi connectivity index (χ2n) is 10.4. The zero-order valence-corrected chi connectivity index (χ0v) is 20.6. The number of rotatable bonds is 10. The highest BCUT2D eigenvalue weighted by molar-refractivity contribution is 5.12. The molecule has 0 aromatic heterocycles. The summed E-state index contributed by atoms with van der Waals surface area (Å²) in [6.07, 6.45) is 2.19. The van der Waals surface area contributed by atoms with Crippen LogP contribution >= 0.6 is 0 Å². The summed E-state index contributed by atoms with van der Waals surface area (Å²) in [6.45, 7) is 22.7. The first-order chi connectivity index (χ1) is 13.1. The molecule has 4 heteroatoms. The minimum absolute atomic E-state index is 0.117. The van der Waals surface area contributed by atoms with Crippen molar-refractivity contribution in [1.29, 1.82) is 0 Å². The molecule has 0 saturated carbocycles. The SMILES string of the molecule is CC(C)(C)OCCC(C)(C)OCC#CCC#CCOC(C)(C)CCOC(C)(C)C. The minimum atomic E-state index is -0.248. The van der Waals surface area contributed by atoms with Crippen LogP contribution in [0.1, 0.15) is 88.5 Å². The number of hydrogen-bond acceptors (Lipinski definition) is 4. The maximum Gasteiger partial charge on any atom is 0.108 e. The monoisotopic (exact) mass is 408 g/mol. The molecular weight excluding hydrogens is 364 g/mol. The molecule has 168 valence electrons. The molecule has 0 aromatic rings. The Bertz CT molecular complexity index is 516. The summed E-state index contributed by atoms with van der Waals surface area (Å²) in [6, 6.07) is 0. The molecule has 0 bridgehead atoms. The maximum absolute atomic E-state index is 5.84. The van der Waals surface area contributed by atoms with Crippen molar-refractivity contribution in [2.75, 3.05) is 26.4 Å². The molecule has 0 N–H and O–H groups in total. The second-order valence-corrected chi connectivity index (χ2v) is 10.4. The topological polar surface area (TPSA) is 36.9 Å². The molecule has 0 amide bonds. The lowest BCUT2D eigenvalue weighted by Crippen LogP contribution is -2.29. The van der Waals surface area contributed by atoms with Gasteiger partial charge in [0, 0.05) is 13.2 Å². The summed E-state index contributed by atoms with van der Waals surface area (Å²) in [5.74, 6) is 12.1. The van der Waals surface area contributed by atoms with Gasteiger partial charge in [-0.3, -0.25) is 0 Å². The van der Waals surface area contributed by atoms with Gasteiger partial charge in [0.25, 0.3) is 0 Å². The fourth-order valence-electron chi connectivity index (χ4n) is 2.08. The van der Waals surface area contributed by atoms with Crippen molar-refractivity contribution in [1.82, 2.24) is 0 Å². The minimum Gasteiger partial charge on any atom is -0.376 e. The lowest BCUT2D eigenvalue weighted by molar-refractivity contribution is -0.0584. The van der Waals surface area contributed by atoms with Gasteiger partial charge in [0.1, 0.15) is 13.2 Å². The normalized spacial score (nSPS) is 12.8. The van der Waals surface area contributed by atoms with Crippen LogP contribution in [0.4, 0.5) is 0 Å². The molecule has 0 aliphatic rings. The van der Waals surface area contributed by atoms with E-state index in [0.29, 0.717) is 32.8 Å². The van der Waals surface area contributed by atoms with Gasteiger partial charge >= 0.3 is 0 Å². The Hall–Kier alpha value is -1.04. The zero-order chi connectivity index (χ0) is 22.6. The van der Waals surface area contributed by atoms with Crippen LogP contribution in [0.3, 0.4) is 0 Å². The van der Waals surface area contributed by atoms with Crippen molar-refractivity contribution in [3.05, 3.63) is 0 Å². The third kappa shape index (κ3) is 20.0. The van der Waals surface area contributed by atoms with E-state index in [9.17, 15) is 0 Å². The Morgan fingerprint density at radius 2 is 0.828 bits per heavy atom. The summed E-state index contributed by atoms with van der Waals surface area (Å²) in [5.41, 5.74) is -0.731. The van der Waals surface area contributed by atoms with Crippen LogP contribution in [0.25, 0.3) is 0 Å². The van der Waals surface area contributed by atoms with E-state index in [1.165, 1.54) is 0 Å². The van der Waals surface area contributed by atoms with Crippen LogP contribution in [-0.2, 0) is 18.9 Å². The summed E-state index contributed by atoms with van der Waals surface area (Å²) < 4.78 is 23.2. The second kappa shape index (κ2) is 12.6. The zero-order valence-electron chi connectivity index (χ0n) is 20.6. The van der Waals surface area contributed by atoms with Crippen molar-refractivity contribution in [3.63, 3.8) is 0 Å². The average molecular weight is 409 g/mol. The van der Waals surface area contributed by atoms with E-state index in [0.717, 1.165) is 12.8 Å². The molecule has 29 heavy (non-hydrogen) atoms. The fourth-order valence-corrected chi connectivity index (χ4v) is 2.08. The lowest BCUT2D eigenvalue weighted by atomic mass is 10.1. The predicted octanol–water partition coefficient (Wildman–Crippen LogP) is 5.38. The van der Waals surface area contributed by atoms with Crippen LogP contribution in [0.15, 0.2) is 0 Å². The van der Waals surface area contributed by atoms with Crippen LogP contribution in [0.2, 0.25) is 0 Å². The smallest absolute Gasteiger partial charge is 0.108 e. The molecule has 0 aliphatic carbocycles. The molecule has 4 nitrogen and oxygen atoms in total. The van der Waals surface area contributed by atoms with Gasteiger partial charge in [-0.2, -0.15) is 0 Å². The van der Waals surface area contributed by atoms with Crippen molar-refractivity contribution >= 4 is 0 Å². The first-order valence-corrected chi connectivity index (χ1v) is 10.6. The summed E-state index contributed by atoms with van der Waals surface area (Å²) in [7, 11) is 0. The Balaban J connectivity index is 3.99. The van der Waals surface area contributed by atoms with Gasteiger partial charge in [-0.1, -0.05) is 23.7 Å². The molecule has 0 saturated heterocycles. The van der Waals surface area contributed by atoms with Crippen LogP contribution in [-0.4, -0.2) is 48.8 Å². The van der Waals surface area contributed by atoms with E-state index in [2.05, 4.69) is 92.9 Å². The first-order valence-electron chi connectivity index (χ1n) is 10.6. The summed E-state index contributed by atoms with van der Waals surface area (Å²) in [5, 5.41) is 0. The van der Waals surface area contributed by atoms with E-state index in [1.807, 2.05) is 0 Å². The molecule has 0 radical (unpaired) electrons. The van der Waals surface area contributed by atoms with E-state index < -0.39 is 0 Å². The van der Waals surface area contributed by atoms with Gasteiger partial charge in [0.15, 0.2) is 0 Å². The third-order valence-electron chi connectivity index (χ3n) is 3.98. The molecule has 0 aromatic carbocycles. The van der Waals surface area contributed by atoms with Crippen LogP contribution in [0, 0.1) is 23.7 Å². The Morgan fingerprint density at radius 3 is 1.14 bits per heavy atom. The summed E-state index contributed by atoms with van der Waals surface area (Å²) in [4.78, 5) is 0. The molecule has 0 heterocycles. The van der Waals surface area contributed by atoms with Gasteiger partial charge in [0.05, 0.1) is 28.8 Å². The highest BCUT2D eigenvalue weighted by Gasteiger charge is 2.20. The van der Waals surface area contributed by atoms with Crippen LogP contribution in [0.5, 0.6) is 0 Å². The summed E-state index contributed by atoms with van der Waals surface area (Å²) >= 11 is 0. The molecule has 0 spiro atoms. The van der Waals surface area contributed by atoms with E-state index >= 15 is 0 Å². The van der Waals surface area contributed by atoms with E-state index in [4.69, 9.17) is 18.9 Å². The van der Waals surface area contributed by atoms with E-state index in [-0.39, 0.29) is 22.4 Å². The molecule has 0 unspecified atom stereocenters. The fraction of sp³-hybridized carbons (Fsp3) is 0.840. The largest absolute Gasteiger partial charge is 0.376 e. The average Bonchev–Trinajstić information content (AvgIpc) is 2.50. The van der Waals surface area contributed by atoms with Gasteiger partial charge in [-0.25, -0.2) is 0 Å². The molecule has 0 rings (SSSR count). The van der Waals surface area contributed by atoms with E-state index in [1.54, 1.807) is 0 Å². The molecule has 0 atom stereocenters. The van der Waals surface area contributed by atoms with Crippen molar-refractivity contribution in [3.8, 4) is 23.7 Å². The number of ether oxygens (including phenoxy) is 4. The van der Waals surface area contributed by atoms with Gasteiger partial charge in [-0.15, -0.1) is 0 Å². The highest BCUT2D eigenvalue weighted by atomic mass is 16.5. The standard InChI is InChI=1S/C25H44O4/c1-22(2,3)26-20-16-24(7,8)28-18-14-12-11-13-15-19-29-25(9,10)17-21-27-23(4,5)6/h11,16-21H2,1-10H3. The molecule has 0 aliphatic heterocycles. The maximum atomic E-state index is 5.84. The van der Waals surface area contributed by atoms with Crippen molar-refractivity contribution in [2.45, 2.75) is 111 Å². The predicted molar refractivity (Wildman–Crippen MR) is 121 cm³/mol. The van der Waals surface area contributed by atoms with Gasteiger partial charge in [0.2, 0.25) is 0 Å². The third-order valence-corrected chi connectivity index (χ3v) is 3.98. The van der Waals surface area contributed by atoms with Gasteiger partial charge < -0.3 is 18.9 Å². The Morgan fingerprint density at radius 1 is 0.483 bits per heavy atom. The van der Waals surface area contributed by atoms with Crippen molar-refractivity contribution in [2.24, 2.45) is 0 Å². The van der Waals surface area contributed by atoms with Gasteiger partial charge in [-0.05, 0) is 82.1 Å².